The first-order valence-electron chi connectivity index (χ1n) is 12.5. The number of ether oxygens (including phenoxy) is 2. The Labute approximate surface area is 230 Å². The summed E-state index contributed by atoms with van der Waals surface area (Å²) in [7, 11) is 0. The Kier molecular flexibility index (Phi) is 7.94. The number of thioether (sulfide) groups is 1. The van der Waals surface area contributed by atoms with E-state index in [0.29, 0.717) is 30.4 Å². The average molecular weight is 539 g/mol. The number of imide groups is 1. The summed E-state index contributed by atoms with van der Waals surface area (Å²) in [6.45, 7) is 2.50. The Balaban J connectivity index is 1.18. The van der Waals surface area contributed by atoms with Crippen LogP contribution in [0, 0.1) is 0 Å². The van der Waals surface area contributed by atoms with Gasteiger partial charge in [0, 0.05) is 5.69 Å². The van der Waals surface area contributed by atoms with Crippen molar-refractivity contribution < 1.29 is 23.9 Å². The molecular formula is C31H26N2O5S. The number of carbonyl (C=O) groups is 3. The van der Waals surface area contributed by atoms with Crippen LogP contribution in [0.15, 0.2) is 95.9 Å². The van der Waals surface area contributed by atoms with E-state index in [-0.39, 0.29) is 11.4 Å². The number of fused-ring (bicyclic) bond motifs is 1. The third-order valence-corrected chi connectivity index (χ3v) is 6.98. The Hall–Kier alpha value is -4.56. The van der Waals surface area contributed by atoms with E-state index in [1.54, 1.807) is 30.3 Å². The summed E-state index contributed by atoms with van der Waals surface area (Å²) in [4.78, 5) is 39.0. The molecule has 7 nitrogen and oxygen atoms in total. The van der Waals surface area contributed by atoms with E-state index in [0.717, 1.165) is 38.6 Å². The van der Waals surface area contributed by atoms with Gasteiger partial charge >= 0.3 is 0 Å². The van der Waals surface area contributed by atoms with Gasteiger partial charge in [-0.2, -0.15) is 0 Å². The van der Waals surface area contributed by atoms with E-state index in [2.05, 4.69) is 23.5 Å². The van der Waals surface area contributed by atoms with Crippen molar-refractivity contribution in [3.63, 3.8) is 0 Å². The van der Waals surface area contributed by atoms with Crippen LogP contribution in [0.25, 0.3) is 16.8 Å². The number of anilines is 1. The molecule has 0 unspecified atom stereocenters. The van der Waals surface area contributed by atoms with E-state index >= 15 is 0 Å². The standard InChI is InChI=1S/C31H26N2O5S/c1-2-37-25-16-12-24(13-17-25)32-29(34)19-33-30(35)28(39-31(33)36)18-21-10-14-26(15-11-21)38-20-23-8-5-7-22-6-3-4-9-27(22)23/h3-18H,2,19-20H2,1H3,(H,32,34)/b28-18+. The quantitative estimate of drug-likeness (QED) is 0.245. The molecule has 1 aliphatic rings. The summed E-state index contributed by atoms with van der Waals surface area (Å²) in [5.74, 6) is 0.425. The van der Waals surface area contributed by atoms with Gasteiger partial charge in [-0.3, -0.25) is 19.3 Å². The molecule has 1 fully saturated rings. The highest BCUT2D eigenvalue weighted by Crippen LogP contribution is 2.32. The monoisotopic (exact) mass is 538 g/mol. The SMILES string of the molecule is CCOc1ccc(NC(=O)CN2C(=O)S/C(=C/c3ccc(OCc4cccc5ccccc45)cc3)C2=O)cc1. The van der Waals surface area contributed by atoms with Gasteiger partial charge in [0.15, 0.2) is 0 Å². The molecule has 0 bridgehead atoms. The molecule has 4 aromatic carbocycles. The molecule has 196 valence electrons. The van der Waals surface area contributed by atoms with Gasteiger partial charge in [0.05, 0.1) is 11.5 Å². The van der Waals surface area contributed by atoms with Gasteiger partial charge in [-0.05, 0) is 83.1 Å². The maximum Gasteiger partial charge on any atom is 0.294 e. The second kappa shape index (κ2) is 11.9. The van der Waals surface area contributed by atoms with Crippen LogP contribution in [0.5, 0.6) is 11.5 Å². The molecule has 0 atom stereocenters. The highest BCUT2D eigenvalue weighted by molar-refractivity contribution is 8.18. The van der Waals surface area contributed by atoms with Gasteiger partial charge in [0.25, 0.3) is 11.1 Å². The zero-order valence-electron chi connectivity index (χ0n) is 21.3. The molecule has 3 amide bonds. The lowest BCUT2D eigenvalue weighted by molar-refractivity contribution is -0.127. The van der Waals surface area contributed by atoms with Gasteiger partial charge in [-0.15, -0.1) is 0 Å². The van der Waals surface area contributed by atoms with Crippen molar-refractivity contribution in [1.82, 2.24) is 4.90 Å². The van der Waals surface area contributed by atoms with Crippen LogP contribution in [0.4, 0.5) is 10.5 Å². The molecule has 0 radical (unpaired) electrons. The number of amides is 3. The van der Waals surface area contributed by atoms with Crippen LogP contribution in [0.3, 0.4) is 0 Å². The van der Waals surface area contributed by atoms with Crippen LogP contribution < -0.4 is 14.8 Å². The summed E-state index contributed by atoms with van der Waals surface area (Å²) < 4.78 is 11.4. The first-order chi connectivity index (χ1) is 19.0. The lowest BCUT2D eigenvalue weighted by Gasteiger charge is -2.12. The minimum atomic E-state index is -0.497. The van der Waals surface area contributed by atoms with E-state index in [1.807, 2.05) is 55.5 Å². The Morgan fingerprint density at radius 1 is 0.872 bits per heavy atom. The van der Waals surface area contributed by atoms with Gasteiger partial charge in [-0.1, -0.05) is 54.6 Å². The minimum absolute atomic E-state index is 0.262. The zero-order valence-corrected chi connectivity index (χ0v) is 22.1. The Bertz CT molecular complexity index is 1540. The summed E-state index contributed by atoms with van der Waals surface area (Å²) in [6.07, 6.45) is 1.64. The van der Waals surface area contributed by atoms with E-state index in [4.69, 9.17) is 9.47 Å². The molecule has 4 aromatic rings. The van der Waals surface area contributed by atoms with Crippen molar-refractivity contribution in [2.75, 3.05) is 18.5 Å². The molecule has 1 N–H and O–H groups in total. The zero-order chi connectivity index (χ0) is 27.2. The van der Waals surface area contributed by atoms with Gasteiger partial charge in [0.2, 0.25) is 5.91 Å². The van der Waals surface area contributed by atoms with E-state index in [1.165, 1.54) is 0 Å². The molecule has 1 heterocycles. The highest BCUT2D eigenvalue weighted by Gasteiger charge is 2.36. The number of rotatable bonds is 9. The maximum atomic E-state index is 12.9. The van der Waals surface area contributed by atoms with Crippen molar-refractivity contribution in [3.05, 3.63) is 107 Å². The fourth-order valence-electron chi connectivity index (χ4n) is 4.17. The topological polar surface area (TPSA) is 84.9 Å². The van der Waals surface area contributed by atoms with Crippen molar-refractivity contribution in [2.24, 2.45) is 0 Å². The van der Waals surface area contributed by atoms with Crippen molar-refractivity contribution in [2.45, 2.75) is 13.5 Å². The lowest BCUT2D eigenvalue weighted by atomic mass is 10.1. The second-order valence-corrected chi connectivity index (χ2v) is 9.76. The first kappa shape index (κ1) is 26.1. The van der Waals surface area contributed by atoms with E-state index < -0.39 is 17.1 Å². The third-order valence-electron chi connectivity index (χ3n) is 6.08. The molecule has 1 saturated heterocycles. The predicted octanol–water partition coefficient (Wildman–Crippen LogP) is 6.49. The fraction of sp³-hybridized carbons (Fsp3) is 0.129. The third kappa shape index (κ3) is 6.30. The molecule has 0 spiro atoms. The van der Waals surface area contributed by atoms with Crippen LogP contribution >= 0.6 is 11.8 Å². The Morgan fingerprint density at radius 3 is 2.33 bits per heavy atom. The highest BCUT2D eigenvalue weighted by atomic mass is 32.2. The smallest absolute Gasteiger partial charge is 0.294 e. The second-order valence-electron chi connectivity index (χ2n) is 8.77. The van der Waals surface area contributed by atoms with Crippen LogP contribution in [0.1, 0.15) is 18.1 Å². The van der Waals surface area contributed by atoms with Crippen molar-refractivity contribution in [3.8, 4) is 11.5 Å². The van der Waals surface area contributed by atoms with Crippen molar-refractivity contribution in [1.29, 1.82) is 0 Å². The number of nitrogens with zero attached hydrogens (tertiary/aromatic N) is 1. The van der Waals surface area contributed by atoms with Crippen molar-refractivity contribution >= 4 is 51.4 Å². The molecule has 0 saturated carbocycles. The number of carbonyl (C=O) groups excluding carboxylic acids is 3. The van der Waals surface area contributed by atoms with Gasteiger partial charge in [-0.25, -0.2) is 0 Å². The van der Waals surface area contributed by atoms with Crippen LogP contribution in [-0.2, 0) is 16.2 Å². The lowest BCUT2D eigenvalue weighted by Crippen LogP contribution is -2.36. The molecule has 39 heavy (non-hydrogen) atoms. The largest absolute Gasteiger partial charge is 0.494 e. The number of hydrogen-bond donors (Lipinski definition) is 1. The predicted molar refractivity (Wildman–Crippen MR) is 154 cm³/mol. The molecular weight excluding hydrogens is 512 g/mol. The summed E-state index contributed by atoms with van der Waals surface area (Å²) in [5, 5.41) is 4.53. The van der Waals surface area contributed by atoms with Crippen LogP contribution in [0.2, 0.25) is 0 Å². The normalized spacial score (nSPS) is 14.2. The van der Waals surface area contributed by atoms with E-state index in [9.17, 15) is 14.4 Å². The number of benzene rings is 4. The van der Waals surface area contributed by atoms with Gasteiger partial charge in [0.1, 0.15) is 24.7 Å². The van der Waals surface area contributed by atoms with Gasteiger partial charge < -0.3 is 14.8 Å². The molecule has 5 rings (SSSR count). The maximum absolute atomic E-state index is 12.9. The fourth-order valence-corrected chi connectivity index (χ4v) is 5.01. The Morgan fingerprint density at radius 2 is 1.56 bits per heavy atom. The number of hydrogen-bond acceptors (Lipinski definition) is 6. The first-order valence-corrected chi connectivity index (χ1v) is 13.3. The molecule has 0 aromatic heterocycles. The minimum Gasteiger partial charge on any atom is -0.494 e. The average Bonchev–Trinajstić information content (AvgIpc) is 3.21. The summed E-state index contributed by atoms with van der Waals surface area (Å²) in [6, 6.07) is 28.5. The summed E-state index contributed by atoms with van der Waals surface area (Å²) >= 11 is 0.816. The molecule has 0 aliphatic carbocycles. The summed E-state index contributed by atoms with van der Waals surface area (Å²) in [5.41, 5.74) is 2.39. The molecule has 8 heteroatoms. The number of nitrogens with one attached hydrogen (secondary N) is 1. The molecule has 1 aliphatic heterocycles. The van der Waals surface area contributed by atoms with Crippen LogP contribution in [-0.4, -0.2) is 35.1 Å².